The van der Waals surface area contributed by atoms with Gasteiger partial charge in [-0.3, -0.25) is 10.1 Å². The van der Waals surface area contributed by atoms with Crippen LogP contribution in [-0.4, -0.2) is 83.8 Å². The molecule has 33 heavy (non-hydrogen) atoms. The second kappa shape index (κ2) is 8.97. The maximum absolute atomic E-state index is 12.2. The maximum atomic E-state index is 12.2. The van der Waals surface area contributed by atoms with Crippen LogP contribution in [0.5, 0.6) is 0 Å². The molecule has 2 fully saturated rings. The number of hydrogen-bond acceptors (Lipinski definition) is 9. The van der Waals surface area contributed by atoms with Gasteiger partial charge in [-0.2, -0.15) is 4.98 Å². The molecule has 11 heteroatoms. The van der Waals surface area contributed by atoms with Crippen LogP contribution in [0.2, 0.25) is 0 Å². The van der Waals surface area contributed by atoms with E-state index in [-0.39, 0.29) is 11.7 Å². The number of anilines is 2. The highest BCUT2D eigenvalue weighted by Crippen LogP contribution is 2.31. The van der Waals surface area contributed by atoms with Gasteiger partial charge in [0.2, 0.25) is 5.95 Å². The van der Waals surface area contributed by atoms with Gasteiger partial charge in [0, 0.05) is 56.8 Å². The van der Waals surface area contributed by atoms with Crippen molar-refractivity contribution in [2.75, 3.05) is 56.1 Å². The maximum Gasteiger partial charge on any atom is 0.407 e. The number of nitrogens with one attached hydrogen (secondary N) is 1. The summed E-state index contributed by atoms with van der Waals surface area (Å²) in [4.78, 5) is 39.2. The van der Waals surface area contributed by atoms with E-state index in [4.69, 9.17) is 9.72 Å². The Kier molecular flexibility index (Phi) is 6.24. The molecule has 2 aliphatic heterocycles. The predicted molar refractivity (Wildman–Crippen MR) is 126 cm³/mol. The number of likely N-dealkylation sites (N-methyl/N-ethyl adjacent to an activating group) is 1. The zero-order chi connectivity index (χ0) is 23.8. The van der Waals surface area contributed by atoms with Crippen molar-refractivity contribution in [2.24, 2.45) is 0 Å². The number of nitro benzene ring substituents is 1. The zero-order valence-electron chi connectivity index (χ0n) is 19.6. The number of ether oxygens (including phenoxy) is 1. The summed E-state index contributed by atoms with van der Waals surface area (Å²) in [7, 11) is 2.08. The molecule has 1 amide bonds. The van der Waals surface area contributed by atoms with E-state index in [0.29, 0.717) is 24.6 Å². The smallest absolute Gasteiger partial charge is 0.407 e. The number of non-ortho nitro benzene ring substituents is 1. The Balaban J connectivity index is 1.62. The SMILES string of the molecule is CN1CCN(c2nc(N3CC[C@@H](NC(=O)OC(C)(C)C)C3)c3ccc([N+](=O)[O-])cc3n2)CC1. The number of amides is 1. The van der Waals surface area contributed by atoms with Crippen molar-refractivity contribution in [3.63, 3.8) is 0 Å². The van der Waals surface area contributed by atoms with Gasteiger partial charge in [-0.15, -0.1) is 0 Å². The molecule has 2 saturated heterocycles. The number of carbonyl (C=O) groups is 1. The molecule has 0 radical (unpaired) electrons. The largest absolute Gasteiger partial charge is 0.444 e. The molecular weight excluding hydrogens is 426 g/mol. The second-order valence-corrected chi connectivity index (χ2v) is 9.67. The Morgan fingerprint density at radius 3 is 2.55 bits per heavy atom. The molecule has 1 atom stereocenters. The van der Waals surface area contributed by atoms with Gasteiger partial charge < -0.3 is 24.8 Å². The van der Waals surface area contributed by atoms with Crippen LogP contribution in [0, 0.1) is 10.1 Å². The summed E-state index contributed by atoms with van der Waals surface area (Å²) in [6, 6.07) is 4.63. The lowest BCUT2D eigenvalue weighted by Gasteiger charge is -2.33. The molecule has 1 aromatic heterocycles. The van der Waals surface area contributed by atoms with E-state index in [1.165, 1.54) is 12.1 Å². The molecular formula is C22H31N7O4. The summed E-state index contributed by atoms with van der Waals surface area (Å²) < 4.78 is 5.38. The molecule has 4 rings (SSSR count). The average Bonchev–Trinajstić information content (AvgIpc) is 3.19. The normalized spacial score (nSPS) is 19.7. The number of aromatic nitrogens is 2. The van der Waals surface area contributed by atoms with Gasteiger partial charge in [-0.05, 0) is 40.3 Å². The van der Waals surface area contributed by atoms with Crippen LogP contribution in [0.1, 0.15) is 27.2 Å². The molecule has 0 unspecified atom stereocenters. The van der Waals surface area contributed by atoms with Crippen molar-refractivity contribution < 1.29 is 14.5 Å². The second-order valence-electron chi connectivity index (χ2n) is 9.67. The van der Waals surface area contributed by atoms with Gasteiger partial charge in [0.1, 0.15) is 11.4 Å². The van der Waals surface area contributed by atoms with E-state index in [2.05, 4.69) is 32.0 Å². The first-order chi connectivity index (χ1) is 15.6. The summed E-state index contributed by atoms with van der Waals surface area (Å²) in [5, 5.41) is 15.0. The Hall–Kier alpha value is -3.21. The van der Waals surface area contributed by atoms with Crippen molar-refractivity contribution >= 4 is 34.4 Å². The molecule has 0 spiro atoms. The van der Waals surface area contributed by atoms with Crippen molar-refractivity contribution in [1.82, 2.24) is 20.2 Å². The van der Waals surface area contributed by atoms with E-state index in [1.807, 2.05) is 20.8 Å². The highest BCUT2D eigenvalue weighted by Gasteiger charge is 2.29. The minimum Gasteiger partial charge on any atom is -0.444 e. The van der Waals surface area contributed by atoms with E-state index in [1.54, 1.807) is 6.07 Å². The lowest BCUT2D eigenvalue weighted by atomic mass is 10.2. The quantitative estimate of drug-likeness (QED) is 0.545. The highest BCUT2D eigenvalue weighted by atomic mass is 16.6. The number of fused-ring (bicyclic) bond motifs is 1. The molecule has 3 heterocycles. The fraction of sp³-hybridized carbons (Fsp3) is 0.591. The lowest BCUT2D eigenvalue weighted by molar-refractivity contribution is -0.384. The Labute approximate surface area is 192 Å². The van der Waals surface area contributed by atoms with E-state index in [9.17, 15) is 14.9 Å². The number of rotatable bonds is 4. The van der Waals surface area contributed by atoms with E-state index >= 15 is 0 Å². The molecule has 2 aliphatic rings. The zero-order valence-corrected chi connectivity index (χ0v) is 19.6. The van der Waals surface area contributed by atoms with Crippen molar-refractivity contribution in [3.05, 3.63) is 28.3 Å². The molecule has 178 valence electrons. The van der Waals surface area contributed by atoms with Crippen LogP contribution in [0.15, 0.2) is 18.2 Å². The average molecular weight is 458 g/mol. The number of nitro groups is 1. The summed E-state index contributed by atoms with van der Waals surface area (Å²) in [5.41, 5.74) is -0.00813. The van der Waals surface area contributed by atoms with Gasteiger partial charge in [0.15, 0.2) is 0 Å². The van der Waals surface area contributed by atoms with Crippen LogP contribution in [-0.2, 0) is 4.74 Å². The van der Waals surface area contributed by atoms with Crippen LogP contribution in [0.3, 0.4) is 0 Å². The number of benzene rings is 1. The monoisotopic (exact) mass is 457 g/mol. The predicted octanol–water partition coefficient (Wildman–Crippen LogP) is 2.39. The Bertz CT molecular complexity index is 1050. The molecule has 0 aliphatic carbocycles. The van der Waals surface area contributed by atoms with Gasteiger partial charge in [0.05, 0.1) is 16.5 Å². The topological polar surface area (TPSA) is 117 Å². The minimum atomic E-state index is -0.558. The first-order valence-corrected chi connectivity index (χ1v) is 11.2. The summed E-state index contributed by atoms with van der Waals surface area (Å²) in [6.45, 7) is 10.2. The fourth-order valence-corrected chi connectivity index (χ4v) is 4.14. The molecule has 2 aromatic rings. The van der Waals surface area contributed by atoms with Crippen LogP contribution >= 0.6 is 0 Å². The van der Waals surface area contributed by atoms with Crippen molar-refractivity contribution in [1.29, 1.82) is 0 Å². The van der Waals surface area contributed by atoms with Crippen LogP contribution in [0.4, 0.5) is 22.2 Å². The molecule has 0 bridgehead atoms. The Morgan fingerprint density at radius 2 is 1.88 bits per heavy atom. The third kappa shape index (κ3) is 5.41. The third-order valence-corrected chi connectivity index (χ3v) is 5.85. The lowest BCUT2D eigenvalue weighted by Crippen LogP contribution is -2.45. The van der Waals surface area contributed by atoms with Gasteiger partial charge in [-0.1, -0.05) is 0 Å². The Morgan fingerprint density at radius 1 is 1.15 bits per heavy atom. The van der Waals surface area contributed by atoms with Gasteiger partial charge in [-0.25, -0.2) is 9.78 Å². The first kappa shape index (κ1) is 23.0. The fourth-order valence-electron chi connectivity index (χ4n) is 4.14. The number of alkyl carbamates (subject to hydrolysis) is 1. The minimum absolute atomic E-state index is 0.00219. The number of carbonyl (C=O) groups excluding carboxylic acids is 1. The van der Waals surface area contributed by atoms with Gasteiger partial charge >= 0.3 is 6.09 Å². The molecule has 0 saturated carbocycles. The first-order valence-electron chi connectivity index (χ1n) is 11.2. The van der Waals surface area contributed by atoms with Crippen LogP contribution in [0.25, 0.3) is 10.9 Å². The van der Waals surface area contributed by atoms with E-state index in [0.717, 1.165) is 43.8 Å². The summed E-state index contributed by atoms with van der Waals surface area (Å²) >= 11 is 0. The molecule has 1 aromatic carbocycles. The number of nitrogens with zero attached hydrogens (tertiary/aromatic N) is 6. The van der Waals surface area contributed by atoms with Crippen molar-refractivity contribution in [2.45, 2.75) is 38.8 Å². The van der Waals surface area contributed by atoms with Crippen molar-refractivity contribution in [3.8, 4) is 0 Å². The highest BCUT2D eigenvalue weighted by molar-refractivity contribution is 5.92. The van der Waals surface area contributed by atoms with Gasteiger partial charge in [0.25, 0.3) is 5.69 Å². The molecule has 11 nitrogen and oxygen atoms in total. The summed E-state index contributed by atoms with van der Waals surface area (Å²) in [5.74, 6) is 1.31. The number of hydrogen-bond donors (Lipinski definition) is 1. The third-order valence-electron chi connectivity index (χ3n) is 5.85. The summed E-state index contributed by atoms with van der Waals surface area (Å²) in [6.07, 6.45) is 0.317. The molecule has 1 N–H and O–H groups in total. The van der Waals surface area contributed by atoms with Crippen LogP contribution < -0.4 is 15.1 Å². The van der Waals surface area contributed by atoms with E-state index < -0.39 is 16.6 Å². The number of piperazine rings is 1. The standard InChI is InChI=1S/C22H31N7O4/c1-22(2,3)33-21(30)23-15-7-8-28(14-15)19-17-6-5-16(29(31)32)13-18(17)24-20(25-19)27-11-9-26(4)10-12-27/h5-6,13,15H,7-12,14H2,1-4H3,(H,23,30)/t15-/m1/s1.